The van der Waals surface area contributed by atoms with Crippen LogP contribution in [0.2, 0.25) is 0 Å². The molecule has 0 aliphatic rings. The molecule has 0 aliphatic heterocycles. The predicted octanol–water partition coefficient (Wildman–Crippen LogP) is 1.83. The lowest BCUT2D eigenvalue weighted by molar-refractivity contribution is 0.414. The molecule has 0 aliphatic carbocycles. The average Bonchev–Trinajstić information content (AvgIpc) is 2.05. The lowest BCUT2D eigenvalue weighted by Crippen LogP contribution is -1.83. The molecule has 1 heteroatoms. The van der Waals surface area contributed by atoms with Crippen LogP contribution >= 0.6 is 0 Å². The molecule has 0 saturated carbocycles. The summed E-state index contributed by atoms with van der Waals surface area (Å²) >= 11 is 0. The van der Waals surface area contributed by atoms with Crippen molar-refractivity contribution in [1.29, 1.82) is 0 Å². The zero-order valence-electron chi connectivity index (χ0n) is 5.92. The van der Waals surface area contributed by atoms with Crippen molar-refractivity contribution in [1.82, 2.24) is 0 Å². The minimum absolute atomic E-state index is 0.337. The summed E-state index contributed by atoms with van der Waals surface area (Å²) in [6.45, 7) is 7.03. The lowest BCUT2D eigenvalue weighted by Gasteiger charge is -1.99. The highest BCUT2D eigenvalue weighted by Crippen LogP contribution is 2.10. The molecule has 0 spiro atoms. The van der Waals surface area contributed by atoms with Crippen molar-refractivity contribution in [2.45, 2.75) is 6.42 Å². The highest BCUT2D eigenvalue weighted by atomic mass is 16.5. The fraction of sp³-hybridized carbons (Fsp3) is 0.222. The van der Waals surface area contributed by atoms with Gasteiger partial charge in [-0.05, 0) is 31.0 Å². The summed E-state index contributed by atoms with van der Waals surface area (Å²) in [4.78, 5) is 0. The Labute approximate surface area is 61.6 Å². The van der Waals surface area contributed by atoms with Crippen molar-refractivity contribution >= 4 is 0 Å². The summed E-state index contributed by atoms with van der Waals surface area (Å²) in [5.74, 6) is 0.845. The van der Waals surface area contributed by atoms with Gasteiger partial charge in [0.05, 0.1) is 7.11 Å². The summed E-state index contributed by atoms with van der Waals surface area (Å²) in [6, 6.07) is 7.52. The van der Waals surface area contributed by atoms with Gasteiger partial charge in [-0.1, -0.05) is 12.1 Å². The Kier molecular flexibility index (Phi) is 2.32. The van der Waals surface area contributed by atoms with E-state index in [0.29, 0.717) is 6.42 Å². The van der Waals surface area contributed by atoms with Gasteiger partial charge in [0.25, 0.3) is 0 Å². The van der Waals surface area contributed by atoms with Gasteiger partial charge >= 0.3 is 0 Å². The van der Waals surface area contributed by atoms with Gasteiger partial charge in [0.15, 0.2) is 0 Å². The zero-order chi connectivity index (χ0) is 7.40. The van der Waals surface area contributed by atoms with Gasteiger partial charge in [0, 0.05) is 0 Å². The molecular weight excluding hydrogens is 124 g/mol. The number of benzene rings is 1. The van der Waals surface area contributed by atoms with E-state index in [9.17, 15) is 0 Å². The summed E-state index contributed by atoms with van der Waals surface area (Å²) in [5.41, 5.74) is 1.01. The van der Waals surface area contributed by atoms with Crippen molar-refractivity contribution in [3.63, 3.8) is 0 Å². The van der Waals surface area contributed by atoms with Crippen LogP contribution in [0.25, 0.3) is 0 Å². The molecule has 3 radical (unpaired) electrons. The summed E-state index contributed by atoms with van der Waals surface area (Å²) < 4.78 is 4.95. The van der Waals surface area contributed by atoms with Gasteiger partial charge in [0.2, 0.25) is 0 Å². The van der Waals surface area contributed by atoms with E-state index in [2.05, 4.69) is 0 Å². The molecule has 1 aromatic rings. The number of hydrogen-bond donors (Lipinski definition) is 0. The first-order chi connectivity index (χ1) is 4.86. The maximum atomic E-state index is 7.03. The second kappa shape index (κ2) is 3.25. The molecule has 0 heterocycles. The zero-order valence-corrected chi connectivity index (χ0v) is 5.92. The summed E-state index contributed by atoms with van der Waals surface area (Å²) in [5, 5.41) is 0. The van der Waals surface area contributed by atoms with Gasteiger partial charge < -0.3 is 4.74 Å². The van der Waals surface area contributed by atoms with E-state index in [1.54, 1.807) is 7.11 Å². The fourth-order valence-corrected chi connectivity index (χ4v) is 0.743. The molecule has 51 valence electrons. The van der Waals surface area contributed by atoms with Gasteiger partial charge in [-0.2, -0.15) is 0 Å². The maximum Gasteiger partial charge on any atom is 0.118 e. The maximum absolute atomic E-state index is 7.03. The largest absolute Gasteiger partial charge is 0.497 e. The summed E-state index contributed by atoms with van der Waals surface area (Å²) in [6.07, 6.45) is 0.337. The van der Waals surface area contributed by atoms with Crippen molar-refractivity contribution in [3.8, 4) is 5.75 Å². The number of hydrogen-bond acceptors (Lipinski definition) is 1. The molecule has 0 atom stereocenters. The Morgan fingerprint density at radius 2 is 1.90 bits per heavy atom. The first-order valence-corrected chi connectivity index (χ1v) is 3.14. The van der Waals surface area contributed by atoms with Crippen LogP contribution in [0, 0.1) is 6.92 Å². The molecule has 0 fully saturated rings. The molecule has 10 heavy (non-hydrogen) atoms. The van der Waals surface area contributed by atoms with E-state index < -0.39 is 0 Å². The minimum Gasteiger partial charge on any atom is -0.497 e. The van der Waals surface area contributed by atoms with E-state index in [4.69, 9.17) is 11.7 Å². The third kappa shape index (κ3) is 1.50. The second-order valence-corrected chi connectivity index (χ2v) is 2.02. The topological polar surface area (TPSA) is 9.23 Å². The monoisotopic (exact) mass is 133 g/mol. The highest BCUT2D eigenvalue weighted by molar-refractivity contribution is 5.27. The minimum atomic E-state index is 0.337. The fourth-order valence-electron chi connectivity index (χ4n) is 0.743. The van der Waals surface area contributed by atoms with E-state index >= 15 is 0 Å². The van der Waals surface area contributed by atoms with Crippen LogP contribution in [0.15, 0.2) is 24.3 Å². The highest BCUT2D eigenvalue weighted by Gasteiger charge is 1.89. The third-order valence-electron chi connectivity index (χ3n) is 1.36. The first kappa shape index (κ1) is 7.13. The quantitative estimate of drug-likeness (QED) is 0.598. The third-order valence-corrected chi connectivity index (χ3v) is 1.36. The number of ether oxygens (including phenoxy) is 1. The molecule has 0 aromatic heterocycles. The Bertz CT molecular complexity index is 165. The lowest BCUT2D eigenvalue weighted by atomic mass is 10.2. The Balaban J connectivity index is 2.80. The number of rotatable bonds is 2. The van der Waals surface area contributed by atoms with Crippen molar-refractivity contribution < 1.29 is 4.74 Å². The van der Waals surface area contributed by atoms with E-state index in [0.717, 1.165) is 11.3 Å². The van der Waals surface area contributed by atoms with Gasteiger partial charge in [-0.3, -0.25) is 0 Å². The Hall–Kier alpha value is -0.980. The van der Waals surface area contributed by atoms with E-state index in [1.807, 2.05) is 24.3 Å². The van der Waals surface area contributed by atoms with E-state index in [-0.39, 0.29) is 0 Å². The molecule has 0 amide bonds. The molecule has 0 bridgehead atoms. The van der Waals surface area contributed by atoms with Crippen LogP contribution in [0.5, 0.6) is 5.75 Å². The smallest absolute Gasteiger partial charge is 0.118 e. The predicted molar refractivity (Wildman–Crippen MR) is 39.9 cm³/mol. The summed E-state index contributed by atoms with van der Waals surface area (Å²) in [7, 11) is 1.63. The molecule has 1 rings (SSSR count). The second-order valence-electron chi connectivity index (χ2n) is 2.02. The molecular formula is C9H9O. The normalized spacial score (nSPS) is 9.40. The average molecular weight is 133 g/mol. The van der Waals surface area contributed by atoms with E-state index in [1.165, 1.54) is 0 Å². The van der Waals surface area contributed by atoms with Crippen LogP contribution in [0.4, 0.5) is 0 Å². The molecule has 0 saturated heterocycles. The van der Waals surface area contributed by atoms with Gasteiger partial charge in [-0.15, -0.1) is 0 Å². The van der Waals surface area contributed by atoms with Gasteiger partial charge in [0.1, 0.15) is 5.75 Å². The molecule has 0 N–H and O–H groups in total. The Morgan fingerprint density at radius 3 is 2.30 bits per heavy atom. The van der Waals surface area contributed by atoms with Crippen LogP contribution in [0.1, 0.15) is 5.56 Å². The molecule has 0 unspecified atom stereocenters. The van der Waals surface area contributed by atoms with Crippen LogP contribution in [0.3, 0.4) is 0 Å². The molecule has 1 nitrogen and oxygen atoms in total. The standard InChI is InChI=1S/C9H9O/c1-3-8-4-6-9(10-2)7-5-8/h4-7H,3H2,2H3. The number of methoxy groups -OCH3 is 1. The van der Waals surface area contributed by atoms with Crippen molar-refractivity contribution in [2.24, 2.45) is 0 Å². The van der Waals surface area contributed by atoms with Crippen molar-refractivity contribution in [3.05, 3.63) is 36.8 Å². The Morgan fingerprint density at radius 1 is 1.30 bits per heavy atom. The van der Waals surface area contributed by atoms with Crippen LogP contribution < -0.4 is 4.74 Å². The van der Waals surface area contributed by atoms with Crippen LogP contribution in [-0.4, -0.2) is 7.11 Å². The van der Waals surface area contributed by atoms with Crippen LogP contribution in [-0.2, 0) is 6.42 Å². The SMILES string of the molecule is [C]Cc1ccc(OC)cc1. The van der Waals surface area contributed by atoms with Gasteiger partial charge in [-0.25, -0.2) is 0 Å². The first-order valence-electron chi connectivity index (χ1n) is 3.14. The van der Waals surface area contributed by atoms with Crippen molar-refractivity contribution in [2.75, 3.05) is 7.11 Å². The molecule has 1 aromatic carbocycles.